The fourth-order valence-corrected chi connectivity index (χ4v) is 1.20. The molecule has 0 saturated heterocycles. The lowest BCUT2D eigenvalue weighted by atomic mass is 10.2. The van der Waals surface area contributed by atoms with Gasteiger partial charge in [0.1, 0.15) is 5.82 Å². The van der Waals surface area contributed by atoms with Crippen LogP contribution in [-0.4, -0.2) is 12.5 Å². The summed E-state index contributed by atoms with van der Waals surface area (Å²) >= 11 is 0. The molecular weight excluding hydrogens is 211 g/mol. The monoisotopic (exact) mass is 226 g/mol. The highest BCUT2D eigenvalue weighted by Crippen LogP contribution is 2.07. The zero-order valence-corrected chi connectivity index (χ0v) is 8.91. The van der Waals surface area contributed by atoms with Crippen molar-refractivity contribution in [2.75, 3.05) is 6.61 Å². The molecule has 0 aliphatic heterocycles. The summed E-state index contributed by atoms with van der Waals surface area (Å²) in [5.74, 6) is 4.40. The van der Waals surface area contributed by atoms with Crippen molar-refractivity contribution in [2.45, 2.75) is 19.4 Å². The number of halogens is 1. The third kappa shape index (κ3) is 4.37. The van der Waals surface area contributed by atoms with Crippen LogP contribution >= 0.6 is 0 Å². The fourth-order valence-electron chi connectivity index (χ4n) is 1.20. The average Bonchev–Trinajstić information content (AvgIpc) is 2.30. The Hall–Kier alpha value is -1.46. The van der Waals surface area contributed by atoms with E-state index in [1.165, 1.54) is 6.07 Å². The summed E-state index contributed by atoms with van der Waals surface area (Å²) in [5, 5.41) is 0. The minimum atomic E-state index is -0.276. The van der Waals surface area contributed by atoms with Crippen molar-refractivity contribution < 1.29 is 13.9 Å². The molecular formula is C11H15FN2O2. The smallest absolute Gasteiger partial charge is 0.233 e. The van der Waals surface area contributed by atoms with Gasteiger partial charge < -0.3 is 4.74 Å². The minimum Gasteiger partial charge on any atom is -0.377 e. The second kappa shape index (κ2) is 6.92. The van der Waals surface area contributed by atoms with E-state index >= 15 is 0 Å². The van der Waals surface area contributed by atoms with Gasteiger partial charge in [-0.3, -0.25) is 10.2 Å². The van der Waals surface area contributed by atoms with E-state index in [1.54, 1.807) is 18.2 Å². The van der Waals surface area contributed by atoms with Gasteiger partial charge in [-0.25, -0.2) is 10.2 Å². The molecule has 0 heterocycles. The molecule has 4 nitrogen and oxygen atoms in total. The highest BCUT2D eigenvalue weighted by molar-refractivity contribution is 5.75. The lowest BCUT2D eigenvalue weighted by Gasteiger charge is -2.04. The average molecular weight is 226 g/mol. The van der Waals surface area contributed by atoms with E-state index in [9.17, 15) is 9.18 Å². The maximum Gasteiger partial charge on any atom is 0.233 e. The molecule has 3 N–H and O–H groups in total. The maximum absolute atomic E-state index is 13.1. The maximum atomic E-state index is 13.1. The second-order valence-corrected chi connectivity index (χ2v) is 3.32. The molecule has 0 radical (unpaired) electrons. The predicted octanol–water partition coefficient (Wildman–Crippen LogP) is 1.11. The van der Waals surface area contributed by atoms with Gasteiger partial charge in [0.05, 0.1) is 6.61 Å². The quantitative estimate of drug-likeness (QED) is 0.330. The SMILES string of the molecule is NNC(=O)CCCOCc1ccccc1F. The van der Waals surface area contributed by atoms with Gasteiger partial charge in [-0.15, -0.1) is 0 Å². The molecule has 0 aromatic heterocycles. The number of hydrazine groups is 1. The van der Waals surface area contributed by atoms with Crippen LogP contribution in [0, 0.1) is 5.82 Å². The molecule has 1 aromatic carbocycles. The van der Waals surface area contributed by atoms with E-state index in [4.69, 9.17) is 10.6 Å². The molecule has 1 rings (SSSR count). The molecule has 0 bridgehead atoms. The number of rotatable bonds is 6. The molecule has 0 fully saturated rings. The number of hydrogen-bond donors (Lipinski definition) is 2. The van der Waals surface area contributed by atoms with Crippen molar-refractivity contribution >= 4 is 5.91 Å². The summed E-state index contributed by atoms with van der Waals surface area (Å²) in [4.78, 5) is 10.7. The van der Waals surface area contributed by atoms with E-state index in [0.29, 0.717) is 25.0 Å². The van der Waals surface area contributed by atoms with Crippen LogP contribution in [0.3, 0.4) is 0 Å². The van der Waals surface area contributed by atoms with Crippen LogP contribution in [0.5, 0.6) is 0 Å². The Morgan fingerprint density at radius 2 is 2.19 bits per heavy atom. The number of ether oxygens (including phenoxy) is 1. The minimum absolute atomic E-state index is 0.219. The summed E-state index contributed by atoms with van der Waals surface area (Å²) in [6, 6.07) is 6.44. The van der Waals surface area contributed by atoms with E-state index in [0.717, 1.165) is 0 Å². The van der Waals surface area contributed by atoms with Gasteiger partial charge in [0, 0.05) is 18.6 Å². The summed E-state index contributed by atoms with van der Waals surface area (Å²) in [5.41, 5.74) is 2.55. The van der Waals surface area contributed by atoms with Crippen molar-refractivity contribution in [1.82, 2.24) is 5.43 Å². The van der Waals surface area contributed by atoms with Gasteiger partial charge in [0.15, 0.2) is 0 Å². The summed E-state index contributed by atoms with van der Waals surface area (Å²) < 4.78 is 18.4. The first-order chi connectivity index (χ1) is 7.74. The first-order valence-electron chi connectivity index (χ1n) is 5.04. The highest BCUT2D eigenvalue weighted by Gasteiger charge is 2.01. The number of carbonyl (C=O) groups is 1. The molecule has 0 saturated carbocycles. The van der Waals surface area contributed by atoms with E-state index in [-0.39, 0.29) is 18.3 Å². The largest absolute Gasteiger partial charge is 0.377 e. The number of hydrogen-bond acceptors (Lipinski definition) is 3. The van der Waals surface area contributed by atoms with Crippen LogP contribution in [0.15, 0.2) is 24.3 Å². The first kappa shape index (κ1) is 12.6. The van der Waals surface area contributed by atoms with Crippen molar-refractivity contribution in [3.8, 4) is 0 Å². The lowest BCUT2D eigenvalue weighted by molar-refractivity contribution is -0.121. The van der Waals surface area contributed by atoms with Crippen LogP contribution in [-0.2, 0) is 16.1 Å². The molecule has 1 aromatic rings. The van der Waals surface area contributed by atoms with E-state index in [2.05, 4.69) is 0 Å². The Morgan fingerprint density at radius 3 is 2.88 bits per heavy atom. The van der Waals surface area contributed by atoms with Crippen LogP contribution < -0.4 is 11.3 Å². The van der Waals surface area contributed by atoms with Crippen molar-refractivity contribution in [3.63, 3.8) is 0 Å². The van der Waals surface area contributed by atoms with E-state index < -0.39 is 0 Å². The normalized spacial score (nSPS) is 10.1. The molecule has 0 spiro atoms. The van der Waals surface area contributed by atoms with Crippen molar-refractivity contribution in [3.05, 3.63) is 35.6 Å². The number of nitrogens with one attached hydrogen (secondary N) is 1. The Morgan fingerprint density at radius 1 is 1.44 bits per heavy atom. The van der Waals surface area contributed by atoms with Crippen LogP contribution in [0.2, 0.25) is 0 Å². The topological polar surface area (TPSA) is 64.3 Å². The molecule has 0 unspecified atom stereocenters. The highest BCUT2D eigenvalue weighted by atomic mass is 19.1. The molecule has 1 amide bonds. The number of carbonyl (C=O) groups excluding carboxylic acids is 1. The summed E-state index contributed by atoms with van der Waals surface area (Å²) in [6.07, 6.45) is 0.880. The first-order valence-corrected chi connectivity index (χ1v) is 5.04. The zero-order chi connectivity index (χ0) is 11.8. The van der Waals surface area contributed by atoms with Crippen LogP contribution in [0.25, 0.3) is 0 Å². The van der Waals surface area contributed by atoms with E-state index in [1.807, 2.05) is 5.43 Å². The van der Waals surface area contributed by atoms with Crippen LogP contribution in [0.4, 0.5) is 4.39 Å². The number of benzene rings is 1. The molecule has 0 atom stereocenters. The zero-order valence-electron chi connectivity index (χ0n) is 8.91. The number of nitrogens with two attached hydrogens (primary N) is 1. The number of amides is 1. The Labute approximate surface area is 93.6 Å². The van der Waals surface area contributed by atoms with Gasteiger partial charge in [-0.05, 0) is 12.5 Å². The fraction of sp³-hybridized carbons (Fsp3) is 0.364. The molecule has 16 heavy (non-hydrogen) atoms. The molecule has 0 aliphatic rings. The van der Waals surface area contributed by atoms with Gasteiger partial charge in [-0.1, -0.05) is 18.2 Å². The molecule has 0 aliphatic carbocycles. The molecule has 5 heteroatoms. The van der Waals surface area contributed by atoms with Crippen molar-refractivity contribution in [2.24, 2.45) is 5.84 Å². The molecule has 88 valence electrons. The Bertz CT molecular complexity index is 345. The van der Waals surface area contributed by atoms with Crippen LogP contribution in [0.1, 0.15) is 18.4 Å². The Kier molecular flexibility index (Phi) is 5.45. The third-order valence-corrected chi connectivity index (χ3v) is 2.07. The lowest BCUT2D eigenvalue weighted by Crippen LogP contribution is -2.29. The van der Waals surface area contributed by atoms with Crippen molar-refractivity contribution in [1.29, 1.82) is 0 Å². The van der Waals surface area contributed by atoms with Gasteiger partial charge in [0.2, 0.25) is 5.91 Å². The predicted molar refractivity (Wildman–Crippen MR) is 57.6 cm³/mol. The van der Waals surface area contributed by atoms with Gasteiger partial charge >= 0.3 is 0 Å². The van der Waals surface area contributed by atoms with Gasteiger partial charge in [0.25, 0.3) is 0 Å². The van der Waals surface area contributed by atoms with Gasteiger partial charge in [-0.2, -0.15) is 0 Å². The Balaban J connectivity index is 2.17. The standard InChI is InChI=1S/C11H15FN2O2/c12-10-5-2-1-4-9(10)8-16-7-3-6-11(15)14-13/h1-2,4-5H,3,6-8,13H2,(H,14,15). The summed E-state index contributed by atoms with van der Waals surface area (Å²) in [7, 11) is 0. The third-order valence-electron chi connectivity index (χ3n) is 2.07. The second-order valence-electron chi connectivity index (χ2n) is 3.32. The summed E-state index contributed by atoms with van der Waals surface area (Å²) in [6.45, 7) is 0.624.